The summed E-state index contributed by atoms with van der Waals surface area (Å²) in [5.74, 6) is 0.511. The first-order valence-electron chi connectivity index (χ1n) is 6.38. The van der Waals surface area contributed by atoms with Gasteiger partial charge < -0.3 is 10.0 Å². The molecule has 104 valence electrons. The van der Waals surface area contributed by atoms with Gasteiger partial charge in [-0.05, 0) is 25.5 Å². The number of hydrogen-bond donors (Lipinski definition) is 2. The summed E-state index contributed by atoms with van der Waals surface area (Å²) in [6, 6.07) is 4.54. The molecule has 1 heterocycles. The third kappa shape index (κ3) is 3.95. The number of nitrogens with zero attached hydrogens (tertiary/aromatic N) is 1. The van der Waals surface area contributed by atoms with Crippen molar-refractivity contribution in [2.75, 3.05) is 18.8 Å². The molecule has 0 aliphatic carbocycles. The molecule has 1 aliphatic rings. The summed E-state index contributed by atoms with van der Waals surface area (Å²) >= 11 is 1.96. The van der Waals surface area contributed by atoms with Gasteiger partial charge in [0.05, 0.1) is 0 Å². The lowest BCUT2D eigenvalue weighted by molar-refractivity contribution is 0.252. The van der Waals surface area contributed by atoms with Gasteiger partial charge in [0.15, 0.2) is 0 Å². The van der Waals surface area contributed by atoms with E-state index in [4.69, 9.17) is 10.0 Å². The van der Waals surface area contributed by atoms with Crippen molar-refractivity contribution >= 4 is 24.3 Å². The second kappa shape index (κ2) is 5.83. The average Bonchev–Trinajstić information content (AvgIpc) is 2.30. The van der Waals surface area contributed by atoms with Gasteiger partial charge in [0.2, 0.25) is 0 Å². The molecule has 19 heavy (non-hydrogen) atoms. The fourth-order valence-corrected chi connectivity index (χ4v) is 3.57. The van der Waals surface area contributed by atoms with Crippen LogP contribution in [0.15, 0.2) is 18.2 Å². The molecular formula is C13H19BFNO2S. The van der Waals surface area contributed by atoms with Crippen LogP contribution in [0.5, 0.6) is 0 Å². The first-order valence-corrected chi connectivity index (χ1v) is 7.37. The summed E-state index contributed by atoms with van der Waals surface area (Å²) in [7, 11) is -1.76. The molecule has 6 heteroatoms. The summed E-state index contributed by atoms with van der Waals surface area (Å²) < 4.78 is 13.6. The Morgan fingerprint density at radius 3 is 2.79 bits per heavy atom. The fourth-order valence-electron chi connectivity index (χ4n) is 2.40. The number of halogens is 1. The molecule has 2 rings (SSSR count). The Morgan fingerprint density at radius 2 is 2.16 bits per heavy atom. The zero-order valence-corrected chi connectivity index (χ0v) is 12.1. The highest BCUT2D eigenvalue weighted by atomic mass is 32.2. The van der Waals surface area contributed by atoms with E-state index in [0.29, 0.717) is 6.54 Å². The normalized spacial score (nSPS) is 19.4. The van der Waals surface area contributed by atoms with Gasteiger partial charge in [0.25, 0.3) is 0 Å². The number of thioether (sulfide) groups is 1. The summed E-state index contributed by atoms with van der Waals surface area (Å²) in [5, 5.41) is 18.2. The van der Waals surface area contributed by atoms with Gasteiger partial charge in [0, 0.05) is 35.6 Å². The highest BCUT2D eigenvalue weighted by Crippen LogP contribution is 2.30. The molecule has 1 aromatic rings. The van der Waals surface area contributed by atoms with E-state index in [1.54, 1.807) is 6.07 Å². The second-order valence-electron chi connectivity index (χ2n) is 5.55. The first-order chi connectivity index (χ1) is 8.87. The summed E-state index contributed by atoms with van der Waals surface area (Å²) in [6.45, 7) is 7.13. The van der Waals surface area contributed by atoms with Crippen LogP contribution in [0.25, 0.3) is 0 Å². The zero-order valence-electron chi connectivity index (χ0n) is 11.3. The van der Waals surface area contributed by atoms with Crippen LogP contribution < -0.4 is 5.46 Å². The zero-order chi connectivity index (χ0) is 14.0. The molecule has 0 spiro atoms. The lowest BCUT2D eigenvalue weighted by atomic mass is 9.79. The van der Waals surface area contributed by atoms with Crippen LogP contribution in [0.1, 0.15) is 19.4 Å². The molecule has 0 atom stereocenters. The highest BCUT2D eigenvalue weighted by molar-refractivity contribution is 8.00. The predicted molar refractivity (Wildman–Crippen MR) is 78.0 cm³/mol. The van der Waals surface area contributed by atoms with Gasteiger partial charge >= 0.3 is 7.12 Å². The van der Waals surface area contributed by atoms with Crippen LogP contribution >= 0.6 is 11.8 Å². The molecule has 0 unspecified atom stereocenters. The molecule has 0 radical (unpaired) electrons. The smallest absolute Gasteiger partial charge is 0.423 e. The van der Waals surface area contributed by atoms with Crippen LogP contribution in [0.2, 0.25) is 0 Å². The molecular weight excluding hydrogens is 264 g/mol. The van der Waals surface area contributed by atoms with Crippen LogP contribution in [0.4, 0.5) is 4.39 Å². The average molecular weight is 283 g/mol. The van der Waals surface area contributed by atoms with E-state index >= 15 is 0 Å². The molecule has 0 aromatic heterocycles. The van der Waals surface area contributed by atoms with E-state index in [1.165, 1.54) is 12.1 Å². The molecule has 2 N–H and O–H groups in total. The van der Waals surface area contributed by atoms with Crippen molar-refractivity contribution in [3.8, 4) is 0 Å². The van der Waals surface area contributed by atoms with Crippen LogP contribution in [0.3, 0.4) is 0 Å². The maximum absolute atomic E-state index is 13.4. The third-order valence-corrected chi connectivity index (χ3v) is 4.55. The standard InChI is InChI=1S/C13H19BFNO2S/c1-13(2)9-16(5-6-19-13)8-10-3-4-12(15)11(7-10)14(17)18/h3-4,7,17-18H,5-6,8-9H2,1-2H3. The number of benzene rings is 1. The van der Waals surface area contributed by atoms with E-state index in [9.17, 15) is 4.39 Å². The monoisotopic (exact) mass is 283 g/mol. The Kier molecular flexibility index (Phi) is 4.56. The predicted octanol–water partition coefficient (Wildman–Crippen LogP) is 0.833. The molecule has 0 amide bonds. The van der Waals surface area contributed by atoms with Crippen molar-refractivity contribution in [2.45, 2.75) is 25.1 Å². The van der Waals surface area contributed by atoms with Crippen LogP contribution in [-0.4, -0.2) is 45.7 Å². The van der Waals surface area contributed by atoms with Crippen molar-refractivity contribution in [1.29, 1.82) is 0 Å². The Bertz CT molecular complexity index is 456. The van der Waals surface area contributed by atoms with E-state index in [1.807, 2.05) is 11.8 Å². The minimum absolute atomic E-state index is 0.0526. The Hall–Kier alpha value is -0.555. The summed E-state index contributed by atoms with van der Waals surface area (Å²) in [6.07, 6.45) is 0. The van der Waals surface area contributed by atoms with Gasteiger partial charge in [-0.25, -0.2) is 4.39 Å². The summed E-state index contributed by atoms with van der Waals surface area (Å²) in [4.78, 5) is 2.32. The lowest BCUT2D eigenvalue weighted by Crippen LogP contribution is -2.42. The topological polar surface area (TPSA) is 43.7 Å². The molecule has 1 aromatic carbocycles. The molecule has 0 bridgehead atoms. The SMILES string of the molecule is CC1(C)CN(Cc2ccc(F)c(B(O)O)c2)CCS1. The molecule has 1 saturated heterocycles. The van der Waals surface area contributed by atoms with E-state index in [0.717, 1.165) is 24.4 Å². The van der Waals surface area contributed by atoms with E-state index < -0.39 is 12.9 Å². The van der Waals surface area contributed by atoms with Crippen molar-refractivity contribution in [3.05, 3.63) is 29.6 Å². The molecule has 3 nitrogen and oxygen atoms in total. The van der Waals surface area contributed by atoms with Crippen molar-refractivity contribution in [2.24, 2.45) is 0 Å². The minimum atomic E-state index is -1.76. The molecule has 1 fully saturated rings. The Morgan fingerprint density at radius 1 is 1.42 bits per heavy atom. The van der Waals surface area contributed by atoms with Gasteiger partial charge in [-0.3, -0.25) is 4.90 Å². The quantitative estimate of drug-likeness (QED) is 0.807. The highest BCUT2D eigenvalue weighted by Gasteiger charge is 2.27. The van der Waals surface area contributed by atoms with Gasteiger partial charge in [0.1, 0.15) is 5.82 Å². The van der Waals surface area contributed by atoms with Gasteiger partial charge in [-0.15, -0.1) is 0 Å². The van der Waals surface area contributed by atoms with Crippen molar-refractivity contribution in [3.63, 3.8) is 0 Å². The number of hydrogen-bond acceptors (Lipinski definition) is 4. The molecule has 1 aliphatic heterocycles. The largest absolute Gasteiger partial charge is 0.491 e. The van der Waals surface area contributed by atoms with Crippen LogP contribution in [-0.2, 0) is 6.54 Å². The first kappa shape index (κ1) is 14.8. The van der Waals surface area contributed by atoms with Gasteiger partial charge in [-0.1, -0.05) is 12.1 Å². The maximum atomic E-state index is 13.4. The second-order valence-corrected chi connectivity index (χ2v) is 7.35. The van der Waals surface area contributed by atoms with Gasteiger partial charge in [-0.2, -0.15) is 11.8 Å². The van der Waals surface area contributed by atoms with E-state index in [-0.39, 0.29) is 10.2 Å². The maximum Gasteiger partial charge on any atom is 0.491 e. The van der Waals surface area contributed by atoms with Crippen molar-refractivity contribution < 1.29 is 14.4 Å². The van der Waals surface area contributed by atoms with E-state index in [2.05, 4.69) is 18.7 Å². The Balaban J connectivity index is 2.09. The number of rotatable bonds is 3. The minimum Gasteiger partial charge on any atom is -0.423 e. The lowest BCUT2D eigenvalue weighted by Gasteiger charge is -2.37. The third-order valence-electron chi connectivity index (χ3n) is 3.25. The molecule has 0 saturated carbocycles. The Labute approximate surface area is 118 Å². The fraction of sp³-hybridized carbons (Fsp3) is 0.538. The van der Waals surface area contributed by atoms with Crippen molar-refractivity contribution in [1.82, 2.24) is 4.90 Å². The van der Waals surface area contributed by atoms with Crippen LogP contribution in [0, 0.1) is 5.82 Å². The summed E-state index contributed by atoms with van der Waals surface area (Å²) in [5.41, 5.74) is 0.857.